The molecule has 0 atom stereocenters. The Morgan fingerprint density at radius 2 is 1.71 bits per heavy atom. The molecule has 0 radical (unpaired) electrons. The van der Waals surface area contributed by atoms with Gasteiger partial charge in [-0.2, -0.15) is 0 Å². The van der Waals surface area contributed by atoms with E-state index in [0.717, 1.165) is 11.8 Å². The van der Waals surface area contributed by atoms with Crippen LogP contribution in [-0.2, 0) is 19.6 Å². The first-order valence-electron chi connectivity index (χ1n) is 8.53. The summed E-state index contributed by atoms with van der Waals surface area (Å²) < 4.78 is 33.0. The molecule has 146 valence electrons. The molecule has 0 aromatic heterocycles. The van der Waals surface area contributed by atoms with Gasteiger partial charge in [-0.05, 0) is 25.1 Å². The molecule has 0 heterocycles. The normalized spacial score (nSPS) is 11.3. The monoisotopic (exact) mass is 417 g/mol. The first-order valence-corrected chi connectivity index (χ1v) is 11.0. The lowest BCUT2D eigenvalue weighted by Gasteiger charge is -2.15. The minimum absolute atomic E-state index is 0.00458. The van der Waals surface area contributed by atoms with Gasteiger partial charge in [-0.3, -0.25) is 9.52 Å². The number of anilines is 1. The number of aromatic hydroxyl groups is 1. The maximum Gasteiger partial charge on any atom is 0.316 e. The highest BCUT2D eigenvalue weighted by Crippen LogP contribution is 2.40. The SMILES string of the molecule is CCOC(=O)CSc1cc(NS(=O)(=O)c2ccccc2)c2ccccc2c1O. The zero-order valence-corrected chi connectivity index (χ0v) is 16.7. The van der Waals surface area contributed by atoms with Crippen molar-refractivity contribution < 1.29 is 23.1 Å². The average molecular weight is 418 g/mol. The Morgan fingerprint density at radius 1 is 1.07 bits per heavy atom. The minimum Gasteiger partial charge on any atom is -0.506 e. The average Bonchev–Trinajstić information content (AvgIpc) is 2.70. The number of carbonyl (C=O) groups is 1. The van der Waals surface area contributed by atoms with Crippen molar-refractivity contribution in [1.82, 2.24) is 0 Å². The van der Waals surface area contributed by atoms with Crippen LogP contribution in [0.1, 0.15) is 6.92 Å². The molecule has 28 heavy (non-hydrogen) atoms. The number of nitrogens with one attached hydrogen (secondary N) is 1. The van der Waals surface area contributed by atoms with Crippen molar-refractivity contribution in [2.24, 2.45) is 0 Å². The molecule has 0 bridgehead atoms. The third-order valence-electron chi connectivity index (χ3n) is 3.93. The van der Waals surface area contributed by atoms with Crippen LogP contribution >= 0.6 is 11.8 Å². The van der Waals surface area contributed by atoms with Crippen molar-refractivity contribution in [2.45, 2.75) is 16.7 Å². The number of carbonyl (C=O) groups excluding carboxylic acids is 1. The van der Waals surface area contributed by atoms with Gasteiger partial charge in [0.05, 0.1) is 27.8 Å². The van der Waals surface area contributed by atoms with E-state index in [1.807, 2.05) is 0 Å². The van der Waals surface area contributed by atoms with Crippen LogP contribution in [0.25, 0.3) is 10.8 Å². The summed E-state index contributed by atoms with van der Waals surface area (Å²) in [6.07, 6.45) is 0. The molecule has 0 amide bonds. The number of thioether (sulfide) groups is 1. The molecule has 0 saturated heterocycles. The second-order valence-electron chi connectivity index (χ2n) is 5.83. The summed E-state index contributed by atoms with van der Waals surface area (Å²) in [5, 5.41) is 11.6. The Bertz CT molecular complexity index is 1100. The van der Waals surface area contributed by atoms with Gasteiger partial charge in [0.2, 0.25) is 0 Å². The van der Waals surface area contributed by atoms with Gasteiger partial charge in [0.25, 0.3) is 10.0 Å². The molecule has 3 aromatic carbocycles. The topological polar surface area (TPSA) is 92.7 Å². The van der Waals surface area contributed by atoms with Crippen LogP contribution < -0.4 is 4.72 Å². The standard InChI is InChI=1S/C20H19NO5S2/c1-2-26-19(22)13-27-18-12-17(15-10-6-7-11-16(15)20(18)23)21-28(24,25)14-8-4-3-5-9-14/h3-12,21,23H,2,13H2,1H3. The number of phenolic OH excluding ortho intramolecular Hbond substituents is 1. The van der Waals surface area contributed by atoms with Gasteiger partial charge >= 0.3 is 5.97 Å². The lowest BCUT2D eigenvalue weighted by molar-refractivity contribution is -0.139. The summed E-state index contributed by atoms with van der Waals surface area (Å²) in [7, 11) is -3.81. The molecule has 8 heteroatoms. The predicted octanol–water partition coefficient (Wildman–Crippen LogP) is 4.00. The van der Waals surface area contributed by atoms with E-state index in [9.17, 15) is 18.3 Å². The molecular weight excluding hydrogens is 398 g/mol. The molecule has 3 rings (SSSR count). The van der Waals surface area contributed by atoms with Crippen molar-refractivity contribution in [1.29, 1.82) is 0 Å². The highest BCUT2D eigenvalue weighted by Gasteiger charge is 2.19. The van der Waals surface area contributed by atoms with Crippen molar-refractivity contribution in [3.8, 4) is 5.75 Å². The molecule has 6 nitrogen and oxygen atoms in total. The number of benzene rings is 3. The Morgan fingerprint density at radius 3 is 2.39 bits per heavy atom. The lowest BCUT2D eigenvalue weighted by Crippen LogP contribution is -2.13. The second kappa shape index (κ2) is 8.53. The molecule has 0 aliphatic rings. The second-order valence-corrected chi connectivity index (χ2v) is 8.53. The molecule has 0 fully saturated rings. The fourth-order valence-corrected chi connectivity index (χ4v) is 4.57. The van der Waals surface area contributed by atoms with Gasteiger partial charge in [-0.15, -0.1) is 11.8 Å². The van der Waals surface area contributed by atoms with E-state index >= 15 is 0 Å². The molecule has 2 N–H and O–H groups in total. The van der Waals surface area contributed by atoms with E-state index < -0.39 is 16.0 Å². The zero-order chi connectivity index (χ0) is 20.1. The number of sulfonamides is 1. The number of hydrogen-bond donors (Lipinski definition) is 2. The minimum atomic E-state index is -3.81. The van der Waals surface area contributed by atoms with E-state index in [2.05, 4.69) is 4.72 Å². The van der Waals surface area contributed by atoms with E-state index in [1.54, 1.807) is 49.4 Å². The van der Waals surface area contributed by atoms with Gasteiger partial charge in [-0.1, -0.05) is 42.5 Å². The molecule has 3 aromatic rings. The van der Waals surface area contributed by atoms with Crippen LogP contribution in [0, 0.1) is 0 Å². The van der Waals surface area contributed by atoms with Crippen molar-refractivity contribution >= 4 is 44.2 Å². The molecule has 0 unspecified atom stereocenters. The van der Waals surface area contributed by atoms with E-state index in [0.29, 0.717) is 21.4 Å². The van der Waals surface area contributed by atoms with E-state index in [-0.39, 0.29) is 23.0 Å². The van der Waals surface area contributed by atoms with Gasteiger partial charge in [0, 0.05) is 10.8 Å². The highest BCUT2D eigenvalue weighted by atomic mass is 32.2. The Balaban J connectivity index is 2.01. The summed E-state index contributed by atoms with van der Waals surface area (Å²) in [6.45, 7) is 1.98. The summed E-state index contributed by atoms with van der Waals surface area (Å²) in [6, 6.07) is 16.5. The number of rotatable bonds is 7. The maximum absolute atomic E-state index is 12.7. The van der Waals surface area contributed by atoms with Gasteiger partial charge < -0.3 is 9.84 Å². The summed E-state index contributed by atoms with van der Waals surface area (Å²) >= 11 is 1.09. The molecule has 0 aliphatic carbocycles. The first-order chi connectivity index (χ1) is 13.4. The van der Waals surface area contributed by atoms with Gasteiger partial charge in [0.15, 0.2) is 0 Å². The lowest BCUT2D eigenvalue weighted by atomic mass is 10.1. The van der Waals surface area contributed by atoms with Crippen molar-refractivity contribution in [3.05, 3.63) is 60.7 Å². The maximum atomic E-state index is 12.7. The van der Waals surface area contributed by atoms with Crippen molar-refractivity contribution in [2.75, 3.05) is 17.1 Å². The number of esters is 1. The number of ether oxygens (including phenoxy) is 1. The molecular formula is C20H19NO5S2. The first kappa shape index (κ1) is 20.0. The van der Waals surface area contributed by atoms with Crippen LogP contribution in [0.4, 0.5) is 5.69 Å². The van der Waals surface area contributed by atoms with Crippen LogP contribution in [0.5, 0.6) is 5.75 Å². The fraction of sp³-hybridized carbons (Fsp3) is 0.150. The Kier molecular flexibility index (Phi) is 6.11. The smallest absolute Gasteiger partial charge is 0.316 e. The summed E-state index contributed by atoms with van der Waals surface area (Å²) in [5.41, 5.74) is 0.323. The van der Waals surface area contributed by atoms with Crippen LogP contribution in [0.2, 0.25) is 0 Å². The molecule has 0 aliphatic heterocycles. The third kappa shape index (κ3) is 4.40. The third-order valence-corrected chi connectivity index (χ3v) is 6.31. The zero-order valence-electron chi connectivity index (χ0n) is 15.1. The quantitative estimate of drug-likeness (QED) is 0.343. The summed E-state index contributed by atoms with van der Waals surface area (Å²) in [5.74, 6) is -0.413. The van der Waals surface area contributed by atoms with Gasteiger partial charge in [0.1, 0.15) is 5.75 Å². The number of fused-ring (bicyclic) bond motifs is 1. The molecule has 0 spiro atoms. The van der Waals surface area contributed by atoms with Crippen molar-refractivity contribution in [3.63, 3.8) is 0 Å². The largest absolute Gasteiger partial charge is 0.506 e. The Hall–Kier alpha value is -2.71. The van der Waals surface area contributed by atoms with Crippen LogP contribution in [-0.4, -0.2) is 31.9 Å². The van der Waals surface area contributed by atoms with Gasteiger partial charge in [-0.25, -0.2) is 8.42 Å². The summed E-state index contributed by atoms with van der Waals surface area (Å²) in [4.78, 5) is 12.2. The number of phenols is 1. The van der Waals surface area contributed by atoms with E-state index in [1.165, 1.54) is 18.2 Å². The fourth-order valence-electron chi connectivity index (χ4n) is 2.67. The Labute approximate surface area is 167 Å². The van der Waals surface area contributed by atoms with E-state index in [4.69, 9.17) is 4.74 Å². The number of hydrogen-bond acceptors (Lipinski definition) is 6. The highest BCUT2D eigenvalue weighted by molar-refractivity contribution is 8.00. The molecule has 0 saturated carbocycles. The van der Waals surface area contributed by atoms with Crippen LogP contribution in [0.15, 0.2) is 70.5 Å². The van der Waals surface area contributed by atoms with Crippen LogP contribution in [0.3, 0.4) is 0 Å². The predicted molar refractivity (Wildman–Crippen MR) is 110 cm³/mol.